The van der Waals surface area contributed by atoms with Crippen LogP contribution in [-0.2, 0) is 6.42 Å². The number of aromatic nitrogens is 1. The fraction of sp³-hybridized carbons (Fsp3) is 0.625. The van der Waals surface area contributed by atoms with Gasteiger partial charge < -0.3 is 15.3 Å². The Kier molecular flexibility index (Phi) is 4.59. The van der Waals surface area contributed by atoms with Crippen molar-refractivity contribution in [1.29, 1.82) is 0 Å². The van der Waals surface area contributed by atoms with E-state index < -0.39 is 6.09 Å². The number of likely N-dealkylation sites (N-methyl/N-ethyl adjacent to an activating group) is 1. The lowest BCUT2D eigenvalue weighted by molar-refractivity contribution is 0.0864. The Labute approximate surface area is 131 Å². The van der Waals surface area contributed by atoms with Gasteiger partial charge in [0.05, 0.1) is 17.8 Å². The van der Waals surface area contributed by atoms with Crippen LogP contribution >= 0.6 is 0 Å². The molecule has 1 aromatic rings. The molecule has 2 N–H and O–H groups in total. The zero-order valence-corrected chi connectivity index (χ0v) is 13.0. The van der Waals surface area contributed by atoms with Crippen molar-refractivity contribution in [3.63, 3.8) is 0 Å². The Balaban J connectivity index is 1.72. The summed E-state index contributed by atoms with van der Waals surface area (Å²) in [6.07, 6.45) is 4.39. The van der Waals surface area contributed by atoms with Gasteiger partial charge in [-0.2, -0.15) is 0 Å². The van der Waals surface area contributed by atoms with Crippen molar-refractivity contribution in [3.8, 4) is 0 Å². The van der Waals surface area contributed by atoms with E-state index in [0.29, 0.717) is 12.6 Å². The molecule has 1 fully saturated rings. The molecule has 1 amide bonds. The molecule has 0 saturated carbocycles. The molecule has 0 aromatic carbocycles. The standard InChI is InChI=1S/C16H24N4O2/c1-19(11-13-10-17-8-9-20(13)16(21)22)14-6-2-4-12-5-3-7-18-15(12)14/h3,5,7,13-14,17H,2,4,6,8-11H2,1H3,(H,21,22)/t13?,14-/m0/s1. The number of piperazine rings is 1. The van der Waals surface area contributed by atoms with Crippen molar-refractivity contribution in [2.24, 2.45) is 0 Å². The van der Waals surface area contributed by atoms with E-state index >= 15 is 0 Å². The number of hydrogen-bond donors (Lipinski definition) is 2. The largest absolute Gasteiger partial charge is 0.465 e. The van der Waals surface area contributed by atoms with E-state index in [4.69, 9.17) is 0 Å². The average Bonchev–Trinajstić information content (AvgIpc) is 2.54. The molecule has 0 bridgehead atoms. The van der Waals surface area contributed by atoms with E-state index in [9.17, 15) is 9.90 Å². The van der Waals surface area contributed by atoms with Crippen LogP contribution in [0.3, 0.4) is 0 Å². The van der Waals surface area contributed by atoms with Gasteiger partial charge in [-0.15, -0.1) is 0 Å². The predicted molar refractivity (Wildman–Crippen MR) is 83.9 cm³/mol. The zero-order valence-electron chi connectivity index (χ0n) is 13.0. The highest BCUT2D eigenvalue weighted by atomic mass is 16.4. The first kappa shape index (κ1) is 15.2. The Hall–Kier alpha value is -1.66. The predicted octanol–water partition coefficient (Wildman–Crippen LogP) is 1.34. The van der Waals surface area contributed by atoms with Crippen LogP contribution in [0, 0.1) is 0 Å². The molecule has 1 aliphatic carbocycles. The number of amides is 1. The molecule has 0 spiro atoms. The fourth-order valence-corrected chi connectivity index (χ4v) is 3.65. The number of aryl methyl sites for hydroxylation is 1. The normalized spacial score (nSPS) is 25.1. The molecule has 0 radical (unpaired) electrons. The molecule has 6 heteroatoms. The molecule has 6 nitrogen and oxygen atoms in total. The number of carbonyl (C=O) groups is 1. The average molecular weight is 304 g/mol. The summed E-state index contributed by atoms with van der Waals surface area (Å²) in [5.41, 5.74) is 2.50. The van der Waals surface area contributed by atoms with Crippen LogP contribution in [0.4, 0.5) is 4.79 Å². The molecule has 1 unspecified atom stereocenters. The Morgan fingerprint density at radius 3 is 3.27 bits per heavy atom. The molecule has 1 saturated heterocycles. The summed E-state index contributed by atoms with van der Waals surface area (Å²) in [5.74, 6) is 0. The minimum absolute atomic E-state index is 0.00494. The number of nitrogens with zero attached hydrogens (tertiary/aromatic N) is 3. The van der Waals surface area contributed by atoms with Gasteiger partial charge in [0.1, 0.15) is 0 Å². The van der Waals surface area contributed by atoms with Gasteiger partial charge in [0.15, 0.2) is 0 Å². The first-order valence-corrected chi connectivity index (χ1v) is 8.01. The highest BCUT2D eigenvalue weighted by Crippen LogP contribution is 2.32. The summed E-state index contributed by atoms with van der Waals surface area (Å²) in [6, 6.07) is 4.46. The zero-order chi connectivity index (χ0) is 15.5. The van der Waals surface area contributed by atoms with Crippen LogP contribution in [0.5, 0.6) is 0 Å². The summed E-state index contributed by atoms with van der Waals surface area (Å²) < 4.78 is 0. The molecule has 2 heterocycles. The maximum Gasteiger partial charge on any atom is 0.407 e. The number of nitrogens with one attached hydrogen (secondary N) is 1. The molecule has 2 atom stereocenters. The monoisotopic (exact) mass is 304 g/mol. The van der Waals surface area contributed by atoms with Crippen molar-refractivity contribution in [2.75, 3.05) is 33.2 Å². The molecule has 1 aromatic heterocycles. The smallest absolute Gasteiger partial charge is 0.407 e. The van der Waals surface area contributed by atoms with Crippen LogP contribution in [0.25, 0.3) is 0 Å². The lowest BCUT2D eigenvalue weighted by atomic mass is 9.91. The van der Waals surface area contributed by atoms with E-state index in [0.717, 1.165) is 32.5 Å². The quantitative estimate of drug-likeness (QED) is 0.882. The number of fused-ring (bicyclic) bond motifs is 1. The fourth-order valence-electron chi connectivity index (χ4n) is 3.65. The Bertz CT molecular complexity index is 537. The van der Waals surface area contributed by atoms with Gasteiger partial charge in [-0.1, -0.05) is 6.07 Å². The van der Waals surface area contributed by atoms with Crippen LogP contribution < -0.4 is 5.32 Å². The molecule has 2 aliphatic rings. The Morgan fingerprint density at radius 1 is 1.59 bits per heavy atom. The SMILES string of the molecule is CN(CC1CNCCN1C(=O)O)[C@H]1CCCc2cccnc21. The summed E-state index contributed by atoms with van der Waals surface area (Å²) in [4.78, 5) is 19.8. The lowest BCUT2D eigenvalue weighted by Gasteiger charge is -2.39. The Morgan fingerprint density at radius 2 is 2.45 bits per heavy atom. The number of carboxylic acid groups (broad SMARTS) is 1. The van der Waals surface area contributed by atoms with Gasteiger partial charge in [0.25, 0.3) is 0 Å². The highest BCUT2D eigenvalue weighted by molar-refractivity contribution is 5.65. The van der Waals surface area contributed by atoms with Crippen molar-refractivity contribution in [2.45, 2.75) is 31.3 Å². The first-order chi connectivity index (χ1) is 10.7. The van der Waals surface area contributed by atoms with Crippen molar-refractivity contribution < 1.29 is 9.90 Å². The highest BCUT2D eigenvalue weighted by Gasteiger charge is 2.31. The van der Waals surface area contributed by atoms with E-state index in [1.54, 1.807) is 4.90 Å². The van der Waals surface area contributed by atoms with Crippen LogP contribution in [0.15, 0.2) is 18.3 Å². The van der Waals surface area contributed by atoms with Crippen molar-refractivity contribution in [1.82, 2.24) is 20.1 Å². The van der Waals surface area contributed by atoms with E-state index in [1.165, 1.54) is 17.7 Å². The van der Waals surface area contributed by atoms with Gasteiger partial charge in [0.2, 0.25) is 0 Å². The third-order valence-corrected chi connectivity index (χ3v) is 4.79. The topological polar surface area (TPSA) is 68.7 Å². The minimum Gasteiger partial charge on any atom is -0.465 e. The second-order valence-electron chi connectivity index (χ2n) is 6.23. The van der Waals surface area contributed by atoms with Gasteiger partial charge in [-0.05, 0) is 37.9 Å². The van der Waals surface area contributed by atoms with E-state index in [-0.39, 0.29) is 6.04 Å². The molecule has 22 heavy (non-hydrogen) atoms. The van der Waals surface area contributed by atoms with Crippen LogP contribution in [0.1, 0.15) is 30.1 Å². The van der Waals surface area contributed by atoms with Crippen LogP contribution in [-0.4, -0.2) is 65.3 Å². The number of pyridine rings is 1. The third kappa shape index (κ3) is 3.08. The summed E-state index contributed by atoms with van der Waals surface area (Å²) in [7, 11) is 2.09. The number of rotatable bonds is 3. The third-order valence-electron chi connectivity index (χ3n) is 4.79. The maximum absolute atomic E-state index is 11.4. The molecule has 120 valence electrons. The lowest BCUT2D eigenvalue weighted by Crippen LogP contribution is -2.57. The van der Waals surface area contributed by atoms with E-state index in [2.05, 4.69) is 28.3 Å². The van der Waals surface area contributed by atoms with Crippen molar-refractivity contribution in [3.05, 3.63) is 29.6 Å². The molecular weight excluding hydrogens is 280 g/mol. The van der Waals surface area contributed by atoms with Crippen molar-refractivity contribution >= 4 is 6.09 Å². The van der Waals surface area contributed by atoms with Gasteiger partial charge in [-0.25, -0.2) is 4.79 Å². The van der Waals surface area contributed by atoms with Gasteiger partial charge >= 0.3 is 6.09 Å². The second-order valence-corrected chi connectivity index (χ2v) is 6.23. The number of hydrogen-bond acceptors (Lipinski definition) is 4. The van der Waals surface area contributed by atoms with Gasteiger partial charge in [-0.3, -0.25) is 9.88 Å². The summed E-state index contributed by atoms with van der Waals surface area (Å²) in [5, 5.41) is 12.7. The molecule has 1 aliphatic heterocycles. The maximum atomic E-state index is 11.4. The minimum atomic E-state index is -0.818. The first-order valence-electron chi connectivity index (χ1n) is 8.01. The molecule has 3 rings (SSSR count). The summed E-state index contributed by atoms with van der Waals surface area (Å²) >= 11 is 0. The van der Waals surface area contributed by atoms with E-state index in [1.807, 2.05) is 12.3 Å². The second kappa shape index (κ2) is 6.62. The molecular formula is C16H24N4O2. The summed E-state index contributed by atoms with van der Waals surface area (Å²) in [6.45, 7) is 2.76. The van der Waals surface area contributed by atoms with Crippen LogP contribution in [0.2, 0.25) is 0 Å². The van der Waals surface area contributed by atoms with Gasteiger partial charge in [0, 0.05) is 32.4 Å².